The molecule has 3 aromatic heterocycles. The van der Waals surface area contributed by atoms with Crippen LogP contribution in [-0.2, 0) is 18.4 Å². The van der Waals surface area contributed by atoms with Gasteiger partial charge in [-0.1, -0.05) is 0 Å². The summed E-state index contributed by atoms with van der Waals surface area (Å²) in [4.78, 5) is 19.9. The first kappa shape index (κ1) is 17.6. The zero-order chi connectivity index (χ0) is 19.5. The van der Waals surface area contributed by atoms with E-state index in [9.17, 15) is 4.79 Å². The van der Waals surface area contributed by atoms with Crippen molar-refractivity contribution in [3.8, 4) is 11.5 Å². The maximum atomic E-state index is 11.2. The Balaban J connectivity index is 1.53. The number of benzene rings is 1. The van der Waals surface area contributed by atoms with Crippen LogP contribution >= 0.6 is 0 Å². The Bertz CT molecular complexity index is 1120. The number of amides is 1. The predicted octanol–water partition coefficient (Wildman–Crippen LogP) is 3.92. The molecule has 4 rings (SSSR count). The summed E-state index contributed by atoms with van der Waals surface area (Å²) in [5, 5.41) is 5.90. The number of nitrogens with zero attached hydrogens (tertiary/aromatic N) is 3. The van der Waals surface area contributed by atoms with Crippen LogP contribution in [0.2, 0.25) is 0 Å². The number of pyridine rings is 1. The summed E-state index contributed by atoms with van der Waals surface area (Å²) in [5.41, 5.74) is 1.78. The van der Waals surface area contributed by atoms with Crippen molar-refractivity contribution in [1.29, 1.82) is 0 Å². The second kappa shape index (κ2) is 7.43. The molecule has 0 spiro atoms. The molecular weight excluding hydrogens is 358 g/mol. The third kappa shape index (κ3) is 3.80. The highest BCUT2D eigenvalue weighted by Gasteiger charge is 2.10. The zero-order valence-corrected chi connectivity index (χ0v) is 15.5. The van der Waals surface area contributed by atoms with Gasteiger partial charge in [0.25, 0.3) is 0 Å². The summed E-state index contributed by atoms with van der Waals surface area (Å²) in [6.07, 6.45) is 3.22. The Morgan fingerprint density at radius 3 is 2.86 bits per heavy atom. The van der Waals surface area contributed by atoms with Gasteiger partial charge in [-0.3, -0.25) is 4.79 Å². The summed E-state index contributed by atoms with van der Waals surface area (Å²) in [6, 6.07) is 12.8. The summed E-state index contributed by atoms with van der Waals surface area (Å²) in [7, 11) is 1.95. The lowest BCUT2D eigenvalue weighted by Crippen LogP contribution is -2.07. The largest absolute Gasteiger partial charge is 0.467 e. The minimum absolute atomic E-state index is 0.186. The topological polar surface area (TPSA) is 94.2 Å². The predicted molar refractivity (Wildman–Crippen MR) is 105 cm³/mol. The molecule has 3 heterocycles. The molecule has 0 radical (unpaired) electrons. The normalized spacial score (nSPS) is 10.8. The smallest absolute Gasteiger partial charge is 0.222 e. The average Bonchev–Trinajstić information content (AvgIpc) is 3.28. The number of aromatic nitrogens is 3. The van der Waals surface area contributed by atoms with Crippen molar-refractivity contribution in [2.75, 3.05) is 10.6 Å². The number of rotatable bonds is 6. The summed E-state index contributed by atoms with van der Waals surface area (Å²) in [5.74, 6) is 3.04. The SMILES string of the molecule is CC(=O)Nc1cc(Oc2ccc3c(c2)nc(NCc2ccco2)n3C)ccn1. The summed E-state index contributed by atoms with van der Waals surface area (Å²) in [6.45, 7) is 1.98. The van der Waals surface area contributed by atoms with E-state index in [2.05, 4.69) is 20.6 Å². The first-order valence-corrected chi connectivity index (χ1v) is 8.73. The molecule has 1 aromatic carbocycles. The zero-order valence-electron chi connectivity index (χ0n) is 15.5. The number of ether oxygens (including phenoxy) is 1. The van der Waals surface area contributed by atoms with Crippen LogP contribution in [0.5, 0.6) is 11.5 Å². The molecule has 2 N–H and O–H groups in total. The van der Waals surface area contributed by atoms with Crippen LogP contribution in [0.25, 0.3) is 11.0 Å². The Labute approximate surface area is 161 Å². The van der Waals surface area contributed by atoms with E-state index in [0.717, 1.165) is 22.7 Å². The Hall–Kier alpha value is -3.81. The van der Waals surface area contributed by atoms with Crippen molar-refractivity contribution < 1.29 is 13.9 Å². The van der Waals surface area contributed by atoms with Gasteiger partial charge in [0.05, 0.1) is 23.8 Å². The molecule has 0 atom stereocenters. The van der Waals surface area contributed by atoms with Crippen molar-refractivity contribution in [2.24, 2.45) is 7.05 Å². The van der Waals surface area contributed by atoms with E-state index in [1.165, 1.54) is 6.92 Å². The molecule has 0 aliphatic heterocycles. The highest BCUT2D eigenvalue weighted by Crippen LogP contribution is 2.27. The molecule has 8 heteroatoms. The molecule has 0 saturated carbocycles. The second-order valence-electron chi connectivity index (χ2n) is 6.24. The lowest BCUT2D eigenvalue weighted by atomic mass is 10.3. The number of furan rings is 1. The van der Waals surface area contributed by atoms with Crippen LogP contribution in [0.15, 0.2) is 59.3 Å². The quantitative estimate of drug-likeness (QED) is 0.529. The van der Waals surface area contributed by atoms with Crippen molar-refractivity contribution in [3.63, 3.8) is 0 Å². The van der Waals surface area contributed by atoms with Crippen molar-refractivity contribution in [2.45, 2.75) is 13.5 Å². The van der Waals surface area contributed by atoms with E-state index in [1.807, 2.05) is 41.9 Å². The first-order chi connectivity index (χ1) is 13.6. The number of imidazole rings is 1. The van der Waals surface area contributed by atoms with Gasteiger partial charge in [0.2, 0.25) is 11.9 Å². The standard InChI is InChI=1S/C20H19N5O3/c1-13(26)23-19-11-15(7-8-21-19)28-14-5-6-18-17(10-14)24-20(25(18)2)22-12-16-4-3-9-27-16/h3-11H,12H2,1-2H3,(H,22,24)(H,21,23,26). The van der Waals surface area contributed by atoms with Gasteiger partial charge >= 0.3 is 0 Å². The molecule has 28 heavy (non-hydrogen) atoms. The Morgan fingerprint density at radius 2 is 2.07 bits per heavy atom. The highest BCUT2D eigenvalue weighted by atomic mass is 16.5. The molecule has 142 valence electrons. The van der Waals surface area contributed by atoms with Gasteiger partial charge in [-0.2, -0.15) is 0 Å². The lowest BCUT2D eigenvalue weighted by molar-refractivity contribution is -0.114. The fourth-order valence-corrected chi connectivity index (χ4v) is 2.84. The Morgan fingerprint density at radius 1 is 1.21 bits per heavy atom. The maximum absolute atomic E-state index is 11.2. The molecule has 0 unspecified atom stereocenters. The third-order valence-corrected chi connectivity index (χ3v) is 4.12. The minimum Gasteiger partial charge on any atom is -0.467 e. The highest BCUT2D eigenvalue weighted by molar-refractivity contribution is 5.87. The molecule has 0 aliphatic carbocycles. The second-order valence-corrected chi connectivity index (χ2v) is 6.24. The monoisotopic (exact) mass is 377 g/mol. The average molecular weight is 377 g/mol. The van der Waals surface area contributed by atoms with Gasteiger partial charge in [-0.05, 0) is 30.3 Å². The van der Waals surface area contributed by atoms with Crippen molar-refractivity contribution in [3.05, 3.63) is 60.7 Å². The molecule has 1 amide bonds. The maximum Gasteiger partial charge on any atom is 0.222 e. The van der Waals surface area contributed by atoms with Gasteiger partial charge in [0.15, 0.2) is 0 Å². The van der Waals surface area contributed by atoms with E-state index in [-0.39, 0.29) is 5.91 Å². The van der Waals surface area contributed by atoms with E-state index in [0.29, 0.717) is 23.9 Å². The fraction of sp³-hybridized carbons (Fsp3) is 0.150. The van der Waals surface area contributed by atoms with Gasteiger partial charge < -0.3 is 24.4 Å². The lowest BCUT2D eigenvalue weighted by Gasteiger charge is -2.07. The molecule has 0 bridgehead atoms. The molecule has 0 fully saturated rings. The van der Waals surface area contributed by atoms with Gasteiger partial charge in [-0.15, -0.1) is 0 Å². The Kier molecular flexibility index (Phi) is 4.67. The van der Waals surface area contributed by atoms with Crippen LogP contribution in [0, 0.1) is 0 Å². The van der Waals surface area contributed by atoms with Crippen LogP contribution in [-0.4, -0.2) is 20.4 Å². The minimum atomic E-state index is -0.186. The van der Waals surface area contributed by atoms with Gasteiger partial charge in [-0.25, -0.2) is 9.97 Å². The number of hydrogen-bond acceptors (Lipinski definition) is 6. The number of fused-ring (bicyclic) bond motifs is 1. The fourth-order valence-electron chi connectivity index (χ4n) is 2.84. The van der Waals surface area contributed by atoms with Crippen LogP contribution in [0.4, 0.5) is 11.8 Å². The van der Waals surface area contributed by atoms with E-state index < -0.39 is 0 Å². The molecule has 0 aliphatic rings. The number of nitrogens with one attached hydrogen (secondary N) is 2. The van der Waals surface area contributed by atoms with Crippen molar-refractivity contribution >= 4 is 28.7 Å². The van der Waals surface area contributed by atoms with Crippen LogP contribution in [0.1, 0.15) is 12.7 Å². The molecule has 4 aromatic rings. The number of anilines is 2. The number of aryl methyl sites for hydroxylation is 1. The molecule has 0 saturated heterocycles. The summed E-state index contributed by atoms with van der Waals surface area (Å²) < 4.78 is 13.2. The van der Waals surface area contributed by atoms with E-state index >= 15 is 0 Å². The van der Waals surface area contributed by atoms with E-state index in [4.69, 9.17) is 9.15 Å². The number of carbonyl (C=O) groups is 1. The number of hydrogen-bond donors (Lipinski definition) is 2. The van der Waals surface area contributed by atoms with E-state index in [1.54, 1.807) is 24.6 Å². The third-order valence-electron chi connectivity index (χ3n) is 4.12. The molecular formula is C20H19N5O3. The van der Waals surface area contributed by atoms with Crippen molar-refractivity contribution in [1.82, 2.24) is 14.5 Å². The van der Waals surface area contributed by atoms with Crippen LogP contribution < -0.4 is 15.4 Å². The summed E-state index contributed by atoms with van der Waals surface area (Å²) >= 11 is 0. The van der Waals surface area contributed by atoms with Gasteiger partial charge in [0, 0.05) is 32.3 Å². The van der Waals surface area contributed by atoms with Crippen LogP contribution in [0.3, 0.4) is 0 Å². The molecule has 8 nitrogen and oxygen atoms in total. The first-order valence-electron chi connectivity index (χ1n) is 8.73. The number of carbonyl (C=O) groups excluding carboxylic acids is 1. The van der Waals surface area contributed by atoms with Gasteiger partial charge in [0.1, 0.15) is 23.1 Å².